The third-order valence-corrected chi connectivity index (χ3v) is 4.64. The fourth-order valence-electron chi connectivity index (χ4n) is 1.52. The third-order valence-electron chi connectivity index (χ3n) is 2.76. The van der Waals surface area contributed by atoms with E-state index in [9.17, 15) is 8.42 Å². The van der Waals surface area contributed by atoms with Crippen LogP contribution in [0.2, 0.25) is 0 Å². The van der Waals surface area contributed by atoms with Crippen LogP contribution in [0.25, 0.3) is 0 Å². The van der Waals surface area contributed by atoms with E-state index in [0.29, 0.717) is 32.1 Å². The number of nitrogens with one attached hydrogen (secondary N) is 1. The first-order chi connectivity index (χ1) is 9.52. The summed E-state index contributed by atoms with van der Waals surface area (Å²) in [5, 5.41) is 2.92. The molecule has 1 rings (SSSR count). The molecular formula is C13H23ClN2O4S. The van der Waals surface area contributed by atoms with Crippen molar-refractivity contribution in [2.45, 2.75) is 4.90 Å². The predicted octanol–water partition coefficient (Wildman–Crippen LogP) is 0.974. The zero-order valence-electron chi connectivity index (χ0n) is 12.5. The van der Waals surface area contributed by atoms with Gasteiger partial charge in [-0.15, -0.1) is 12.4 Å². The molecule has 21 heavy (non-hydrogen) atoms. The molecule has 0 spiro atoms. The molecule has 0 heterocycles. The number of hydrogen-bond donors (Lipinski definition) is 1. The molecule has 0 amide bonds. The van der Waals surface area contributed by atoms with Crippen molar-refractivity contribution in [3.8, 4) is 5.75 Å². The van der Waals surface area contributed by atoms with Crippen molar-refractivity contribution in [2.24, 2.45) is 0 Å². The summed E-state index contributed by atoms with van der Waals surface area (Å²) in [6.45, 7) is 1.95. The Morgan fingerprint density at radius 3 is 2.33 bits per heavy atom. The number of rotatable bonds is 9. The van der Waals surface area contributed by atoms with Gasteiger partial charge in [0.15, 0.2) is 0 Å². The van der Waals surface area contributed by atoms with E-state index < -0.39 is 10.0 Å². The van der Waals surface area contributed by atoms with E-state index in [0.717, 1.165) is 0 Å². The van der Waals surface area contributed by atoms with Gasteiger partial charge in [0, 0.05) is 27.2 Å². The van der Waals surface area contributed by atoms with Crippen molar-refractivity contribution in [2.75, 3.05) is 47.5 Å². The van der Waals surface area contributed by atoms with Gasteiger partial charge in [-0.05, 0) is 31.3 Å². The number of halogens is 1. The first kappa shape index (κ1) is 20.1. The molecule has 6 nitrogen and oxygen atoms in total. The number of hydrogen-bond acceptors (Lipinski definition) is 5. The highest BCUT2D eigenvalue weighted by Gasteiger charge is 2.19. The van der Waals surface area contributed by atoms with Crippen molar-refractivity contribution in [1.29, 1.82) is 0 Å². The molecule has 122 valence electrons. The fraction of sp³-hybridized carbons (Fsp3) is 0.538. The number of ether oxygens (including phenoxy) is 2. The smallest absolute Gasteiger partial charge is 0.242 e. The van der Waals surface area contributed by atoms with E-state index in [1.165, 1.54) is 4.31 Å². The van der Waals surface area contributed by atoms with Crippen LogP contribution in [-0.4, -0.2) is 60.2 Å². The minimum Gasteiger partial charge on any atom is -0.491 e. The van der Waals surface area contributed by atoms with Crippen molar-refractivity contribution in [1.82, 2.24) is 9.62 Å². The molecule has 0 radical (unpaired) electrons. The molecule has 0 aromatic heterocycles. The highest BCUT2D eigenvalue weighted by molar-refractivity contribution is 7.89. The molecule has 0 aliphatic rings. The molecule has 0 saturated heterocycles. The van der Waals surface area contributed by atoms with Crippen LogP contribution in [0.1, 0.15) is 0 Å². The maximum Gasteiger partial charge on any atom is 0.242 e. The third kappa shape index (κ3) is 6.19. The standard InChI is InChI=1S/C13H22N2O4S.ClH/c1-14-8-9-15(2)20(16,17)13-6-4-12(5-7-13)19-11-10-18-3;/h4-7,14H,8-11H2,1-3H3;1H. The lowest BCUT2D eigenvalue weighted by Gasteiger charge is -2.17. The Bertz CT molecular complexity index is 493. The van der Waals surface area contributed by atoms with Crippen molar-refractivity contribution < 1.29 is 17.9 Å². The molecular weight excluding hydrogens is 316 g/mol. The Morgan fingerprint density at radius 2 is 1.81 bits per heavy atom. The van der Waals surface area contributed by atoms with Crippen molar-refractivity contribution in [3.63, 3.8) is 0 Å². The normalized spacial score (nSPS) is 11.2. The summed E-state index contributed by atoms with van der Waals surface area (Å²) >= 11 is 0. The summed E-state index contributed by atoms with van der Waals surface area (Å²) in [5.74, 6) is 0.624. The summed E-state index contributed by atoms with van der Waals surface area (Å²) in [4.78, 5) is 0.259. The zero-order chi connectivity index (χ0) is 15.0. The Kier molecular flexibility index (Phi) is 9.56. The lowest BCUT2D eigenvalue weighted by molar-refractivity contribution is 0.146. The molecule has 0 saturated carbocycles. The average Bonchev–Trinajstić information content (AvgIpc) is 2.45. The van der Waals surface area contributed by atoms with Crippen LogP contribution in [0.15, 0.2) is 29.2 Å². The first-order valence-electron chi connectivity index (χ1n) is 6.35. The van der Waals surface area contributed by atoms with Gasteiger partial charge in [0.1, 0.15) is 12.4 Å². The fourth-order valence-corrected chi connectivity index (χ4v) is 2.69. The summed E-state index contributed by atoms with van der Waals surface area (Å²) in [6, 6.07) is 6.39. The summed E-state index contributed by atoms with van der Waals surface area (Å²) in [6.07, 6.45) is 0. The SMILES string of the molecule is CNCCN(C)S(=O)(=O)c1ccc(OCCOC)cc1.Cl. The summed E-state index contributed by atoms with van der Waals surface area (Å²) in [7, 11) is 1.51. The average molecular weight is 339 g/mol. The van der Waals surface area contributed by atoms with Crippen molar-refractivity contribution >= 4 is 22.4 Å². The maximum absolute atomic E-state index is 12.2. The van der Waals surface area contributed by atoms with Crippen LogP contribution >= 0.6 is 12.4 Å². The maximum atomic E-state index is 12.2. The second-order valence-corrected chi connectivity index (χ2v) is 6.29. The largest absolute Gasteiger partial charge is 0.491 e. The Morgan fingerprint density at radius 1 is 1.19 bits per heavy atom. The van der Waals surface area contributed by atoms with E-state index in [-0.39, 0.29) is 17.3 Å². The second-order valence-electron chi connectivity index (χ2n) is 4.24. The molecule has 0 atom stereocenters. The molecule has 1 aromatic carbocycles. The van der Waals surface area contributed by atoms with Gasteiger partial charge >= 0.3 is 0 Å². The van der Waals surface area contributed by atoms with Gasteiger partial charge in [-0.1, -0.05) is 0 Å². The minimum absolute atomic E-state index is 0. The Labute approximate surface area is 132 Å². The van der Waals surface area contributed by atoms with Gasteiger partial charge < -0.3 is 14.8 Å². The van der Waals surface area contributed by atoms with Gasteiger partial charge in [-0.3, -0.25) is 0 Å². The topological polar surface area (TPSA) is 67.9 Å². The lowest BCUT2D eigenvalue weighted by Crippen LogP contribution is -2.32. The lowest BCUT2D eigenvalue weighted by atomic mass is 10.3. The van der Waals surface area contributed by atoms with E-state index in [4.69, 9.17) is 9.47 Å². The van der Waals surface area contributed by atoms with E-state index >= 15 is 0 Å². The molecule has 1 aromatic rings. The second kappa shape index (κ2) is 9.97. The summed E-state index contributed by atoms with van der Waals surface area (Å²) in [5.41, 5.74) is 0. The van der Waals surface area contributed by atoms with Gasteiger partial charge in [0.2, 0.25) is 10.0 Å². The van der Waals surface area contributed by atoms with Crippen LogP contribution in [0.3, 0.4) is 0 Å². The van der Waals surface area contributed by atoms with E-state index in [1.807, 2.05) is 0 Å². The number of nitrogens with zero attached hydrogens (tertiary/aromatic N) is 1. The molecule has 8 heteroatoms. The van der Waals surface area contributed by atoms with Crippen LogP contribution in [0.4, 0.5) is 0 Å². The molecule has 0 fully saturated rings. The van der Waals surface area contributed by atoms with Crippen LogP contribution in [0, 0.1) is 0 Å². The first-order valence-corrected chi connectivity index (χ1v) is 7.79. The van der Waals surface area contributed by atoms with Gasteiger partial charge in [-0.2, -0.15) is 4.31 Å². The minimum atomic E-state index is -3.44. The van der Waals surface area contributed by atoms with Crippen LogP contribution < -0.4 is 10.1 Å². The summed E-state index contributed by atoms with van der Waals surface area (Å²) < 4.78 is 36.1. The molecule has 0 unspecified atom stereocenters. The molecule has 1 N–H and O–H groups in total. The number of benzene rings is 1. The van der Waals surface area contributed by atoms with E-state index in [1.54, 1.807) is 45.5 Å². The molecule has 0 bridgehead atoms. The number of likely N-dealkylation sites (N-methyl/N-ethyl adjacent to an activating group) is 2. The highest BCUT2D eigenvalue weighted by atomic mass is 35.5. The molecule has 0 aliphatic carbocycles. The number of sulfonamides is 1. The van der Waals surface area contributed by atoms with Gasteiger partial charge in [0.05, 0.1) is 11.5 Å². The quantitative estimate of drug-likeness (QED) is 0.680. The Balaban J connectivity index is 0.00000400. The van der Waals surface area contributed by atoms with Crippen LogP contribution in [-0.2, 0) is 14.8 Å². The van der Waals surface area contributed by atoms with Crippen LogP contribution in [0.5, 0.6) is 5.75 Å². The Hall–Kier alpha value is -0.860. The molecule has 0 aliphatic heterocycles. The van der Waals surface area contributed by atoms with E-state index in [2.05, 4.69) is 5.32 Å². The van der Waals surface area contributed by atoms with Gasteiger partial charge in [0.25, 0.3) is 0 Å². The monoisotopic (exact) mass is 338 g/mol. The predicted molar refractivity (Wildman–Crippen MR) is 84.8 cm³/mol. The zero-order valence-corrected chi connectivity index (χ0v) is 14.2. The van der Waals surface area contributed by atoms with Crippen molar-refractivity contribution in [3.05, 3.63) is 24.3 Å². The van der Waals surface area contributed by atoms with Gasteiger partial charge in [-0.25, -0.2) is 8.42 Å². The number of methoxy groups -OCH3 is 1. The highest BCUT2D eigenvalue weighted by Crippen LogP contribution is 2.18.